The van der Waals surface area contributed by atoms with E-state index in [1.54, 1.807) is 36.1 Å². The molecule has 2 bridgehead atoms. The second-order valence-corrected chi connectivity index (χ2v) is 17.7. The van der Waals surface area contributed by atoms with Crippen LogP contribution in [0.25, 0.3) is 5.57 Å². The first-order valence-electron chi connectivity index (χ1n) is 19.8. The van der Waals surface area contributed by atoms with Crippen molar-refractivity contribution >= 4 is 70.1 Å². The minimum Gasteiger partial charge on any atom is -0.488 e. The first-order valence-corrected chi connectivity index (χ1v) is 21.3. The highest BCUT2D eigenvalue weighted by atomic mass is 35.6. The van der Waals surface area contributed by atoms with E-state index < -0.39 is 67.9 Å². The van der Waals surface area contributed by atoms with Crippen molar-refractivity contribution in [2.24, 2.45) is 0 Å². The van der Waals surface area contributed by atoms with Gasteiger partial charge in [0, 0.05) is 36.8 Å². The number of hydrogen-bond acceptors (Lipinski definition) is 10. The van der Waals surface area contributed by atoms with Crippen LogP contribution in [0.15, 0.2) is 66.2 Å². The Kier molecular flexibility index (Phi) is 17.1. The summed E-state index contributed by atoms with van der Waals surface area (Å²) < 4.78 is 61.6. The van der Waals surface area contributed by atoms with Gasteiger partial charge in [0.25, 0.3) is 11.0 Å². The number of amides is 3. The number of ether oxygens (including phenoxy) is 4. The van der Waals surface area contributed by atoms with E-state index in [-0.39, 0.29) is 71.2 Å². The molecular formula is C42H45Cl4F3N4O10. The number of alkyl halides is 3. The van der Waals surface area contributed by atoms with Gasteiger partial charge in [0.2, 0.25) is 9.61 Å². The second kappa shape index (κ2) is 21.8. The van der Waals surface area contributed by atoms with Gasteiger partial charge >= 0.3 is 12.2 Å². The van der Waals surface area contributed by atoms with Crippen LogP contribution in [-0.4, -0.2) is 112 Å². The molecule has 0 N–H and O–H groups in total. The number of hydrogen-bond donors (Lipinski definition) is 0. The van der Waals surface area contributed by atoms with Crippen LogP contribution in [-0.2, 0) is 36.8 Å². The summed E-state index contributed by atoms with van der Waals surface area (Å²) in [5.74, 6) is -4.90. The zero-order valence-corrected chi connectivity index (χ0v) is 37.5. The molecule has 2 heterocycles. The van der Waals surface area contributed by atoms with Gasteiger partial charge in [-0.2, -0.15) is 4.39 Å². The largest absolute Gasteiger partial charge is 0.488 e. The smallest absolute Gasteiger partial charge is 0.411 e. The number of carbonyl (C=O) groups is 3. The number of aryl methyl sites for hydroxylation is 1. The third-order valence-corrected chi connectivity index (χ3v) is 12.1. The Balaban J connectivity index is 1.47. The van der Waals surface area contributed by atoms with E-state index in [1.165, 1.54) is 23.6 Å². The van der Waals surface area contributed by atoms with Gasteiger partial charge in [-0.25, -0.2) is 18.4 Å². The molecule has 3 amide bonds. The highest BCUT2D eigenvalue weighted by Crippen LogP contribution is 2.44. The molecule has 2 unspecified atom stereocenters. The van der Waals surface area contributed by atoms with Crippen molar-refractivity contribution in [2.45, 2.75) is 68.1 Å². The van der Waals surface area contributed by atoms with E-state index in [0.717, 1.165) is 11.6 Å². The minimum absolute atomic E-state index is 0.0527. The molecule has 21 heteroatoms. The molecule has 0 spiro atoms. The van der Waals surface area contributed by atoms with Crippen molar-refractivity contribution < 1.29 is 56.4 Å². The number of likely N-dealkylation sites (N-methyl/N-ethyl adjacent to an activating group) is 1. The first-order chi connectivity index (χ1) is 29.8. The number of nitrogens with zero attached hydrogens (tertiary/aromatic N) is 4. The highest BCUT2D eigenvalue weighted by molar-refractivity contribution is 6.68. The van der Waals surface area contributed by atoms with Crippen LogP contribution in [0.3, 0.4) is 0 Å². The first kappa shape index (κ1) is 49.3. The molecule has 0 aromatic heterocycles. The standard InChI is InChI=1S/C42H45Cl4F3N4O10/c1-4-50(23-28-9-5-6-10-31(28)43)38(54)35-30(27-13-11-26(12-14-27)8-7-17-60-37-33(48)16-15-32(47)36(37)49)22-29-24-51(39(55)61-20-18-59-19-21-62-53(57)58)25-34(35)52(29)40(56)63-41(2,3)42(44,45)46/h5-6,9-16,29,34H,4,7-8,17-25H2,1-3H3. The van der Waals surface area contributed by atoms with Crippen LogP contribution in [0.1, 0.15) is 50.3 Å². The van der Waals surface area contributed by atoms with Crippen LogP contribution < -0.4 is 4.74 Å². The van der Waals surface area contributed by atoms with E-state index in [2.05, 4.69) is 4.84 Å². The summed E-state index contributed by atoms with van der Waals surface area (Å²) in [4.78, 5) is 61.9. The molecule has 3 aromatic rings. The monoisotopic (exact) mass is 962 g/mol. The zero-order valence-electron chi connectivity index (χ0n) is 34.4. The highest BCUT2D eigenvalue weighted by Gasteiger charge is 2.52. The molecule has 5 rings (SSSR count). The SMILES string of the molecule is CCN(Cc1ccccc1Cl)C(=O)C1=C(c2ccc(CCCOc3c(F)ccc(F)c3F)cc2)CC2CN(C(=O)OCCOCCO[N+](=O)[O-])CC1N2C(=O)OC(C)(C)C(Cl)(Cl)Cl. The maximum atomic E-state index is 15.1. The Hall–Kier alpha value is -4.68. The third-order valence-electron chi connectivity index (χ3n) is 10.4. The lowest BCUT2D eigenvalue weighted by Crippen LogP contribution is -2.66. The third kappa shape index (κ3) is 12.5. The van der Waals surface area contributed by atoms with Gasteiger partial charge in [0.15, 0.2) is 23.0 Å². The quantitative estimate of drug-likeness (QED) is 0.0398. The molecule has 2 aliphatic rings. The number of piperazine rings is 1. The molecule has 2 aliphatic heterocycles. The average molecular weight is 965 g/mol. The topological polar surface area (TPSA) is 150 Å². The van der Waals surface area contributed by atoms with Crippen LogP contribution >= 0.6 is 46.4 Å². The van der Waals surface area contributed by atoms with E-state index >= 15 is 4.79 Å². The molecule has 3 aromatic carbocycles. The van der Waals surface area contributed by atoms with Gasteiger partial charge in [0.05, 0.1) is 31.9 Å². The maximum absolute atomic E-state index is 15.1. The fourth-order valence-electron chi connectivity index (χ4n) is 7.05. The van der Waals surface area contributed by atoms with Crippen LogP contribution in [0.2, 0.25) is 5.02 Å². The molecule has 1 saturated heterocycles. The van der Waals surface area contributed by atoms with Crippen molar-refractivity contribution in [2.75, 3.05) is 52.7 Å². The summed E-state index contributed by atoms with van der Waals surface area (Å²) in [6.07, 6.45) is -0.849. The molecule has 63 heavy (non-hydrogen) atoms. The number of carbonyl (C=O) groups excluding carboxylic acids is 3. The fourth-order valence-corrected chi connectivity index (χ4v) is 7.36. The van der Waals surface area contributed by atoms with Crippen molar-refractivity contribution in [3.8, 4) is 5.75 Å². The molecule has 2 atom stereocenters. The Bertz CT molecular complexity index is 2160. The van der Waals surface area contributed by atoms with Gasteiger partial charge in [-0.15, -0.1) is 10.1 Å². The van der Waals surface area contributed by atoms with Crippen molar-refractivity contribution in [3.63, 3.8) is 0 Å². The summed E-state index contributed by atoms with van der Waals surface area (Å²) >= 11 is 25.2. The number of fused-ring (bicyclic) bond motifs is 2. The van der Waals surface area contributed by atoms with Gasteiger partial charge in [-0.1, -0.05) is 88.9 Å². The summed E-state index contributed by atoms with van der Waals surface area (Å²) in [6, 6.07) is 13.9. The van der Waals surface area contributed by atoms with E-state index in [1.807, 2.05) is 24.3 Å². The minimum atomic E-state index is -2.05. The molecule has 0 radical (unpaired) electrons. The van der Waals surface area contributed by atoms with Gasteiger partial charge in [-0.3, -0.25) is 9.69 Å². The Morgan fingerprint density at radius 1 is 0.905 bits per heavy atom. The molecule has 342 valence electrons. The second-order valence-electron chi connectivity index (χ2n) is 15.0. The summed E-state index contributed by atoms with van der Waals surface area (Å²) in [7, 11) is 0. The van der Waals surface area contributed by atoms with Gasteiger partial charge in [-0.05, 0) is 80.5 Å². The van der Waals surface area contributed by atoms with E-state index in [4.69, 9.17) is 65.4 Å². The molecule has 14 nitrogen and oxygen atoms in total. The Morgan fingerprint density at radius 3 is 2.25 bits per heavy atom. The Morgan fingerprint density at radius 2 is 1.59 bits per heavy atom. The number of rotatable bonds is 18. The average Bonchev–Trinajstić information content (AvgIpc) is 3.22. The number of benzene rings is 3. The normalized spacial score (nSPS) is 16.4. The maximum Gasteiger partial charge on any atom is 0.411 e. The zero-order chi connectivity index (χ0) is 46.1. The van der Waals surface area contributed by atoms with Crippen molar-refractivity contribution in [3.05, 3.63) is 116 Å². The molecule has 0 saturated carbocycles. The van der Waals surface area contributed by atoms with Crippen LogP contribution in [0.4, 0.5) is 22.8 Å². The van der Waals surface area contributed by atoms with Gasteiger partial charge in [0.1, 0.15) is 13.2 Å². The van der Waals surface area contributed by atoms with Gasteiger partial charge < -0.3 is 33.6 Å². The lowest BCUT2D eigenvalue weighted by atomic mass is 9.81. The molecule has 1 fully saturated rings. The van der Waals surface area contributed by atoms with Crippen LogP contribution in [0.5, 0.6) is 5.75 Å². The molecule has 0 aliphatic carbocycles. The Labute approximate surface area is 381 Å². The predicted molar refractivity (Wildman–Crippen MR) is 228 cm³/mol. The predicted octanol–water partition coefficient (Wildman–Crippen LogP) is 8.98. The lowest BCUT2D eigenvalue weighted by Gasteiger charge is -2.51. The van der Waals surface area contributed by atoms with E-state index in [9.17, 15) is 32.9 Å². The summed E-state index contributed by atoms with van der Waals surface area (Å²) in [5, 5.41) is 9.87. The van der Waals surface area contributed by atoms with E-state index in [0.29, 0.717) is 40.6 Å². The lowest BCUT2D eigenvalue weighted by molar-refractivity contribution is -0.758. The molecular weight excluding hydrogens is 919 g/mol. The number of halogens is 7. The summed E-state index contributed by atoms with van der Waals surface area (Å²) in [5.41, 5.74) is 1.29. The van der Waals surface area contributed by atoms with Crippen LogP contribution in [0, 0.1) is 27.6 Å². The summed E-state index contributed by atoms with van der Waals surface area (Å²) in [6.45, 7) is 3.88. The van der Waals surface area contributed by atoms with Crippen molar-refractivity contribution in [1.82, 2.24) is 14.7 Å². The fraction of sp³-hybridized carbons (Fsp3) is 0.452. The van der Waals surface area contributed by atoms with Crippen molar-refractivity contribution in [1.29, 1.82) is 0 Å².